The molecule has 1 unspecified atom stereocenters. The Labute approximate surface area is 107 Å². The molecule has 3 N–H and O–H groups in total. The molecule has 0 aliphatic rings. The number of halogens is 1. The zero-order chi connectivity index (χ0) is 13.1. The second-order valence-corrected chi connectivity index (χ2v) is 4.51. The van der Waals surface area contributed by atoms with Gasteiger partial charge in [0.2, 0.25) is 0 Å². The van der Waals surface area contributed by atoms with Crippen molar-refractivity contribution in [2.45, 2.75) is 19.9 Å². The van der Waals surface area contributed by atoms with E-state index in [0.29, 0.717) is 5.69 Å². The molecule has 0 bridgehead atoms. The second-order valence-electron chi connectivity index (χ2n) is 4.51. The molecule has 3 heteroatoms. The third-order valence-corrected chi connectivity index (χ3v) is 2.96. The number of rotatable bonds is 3. The smallest absolute Gasteiger partial charge is 0.125 e. The molecule has 0 heterocycles. The Morgan fingerprint density at radius 3 is 2.39 bits per heavy atom. The molecule has 94 valence electrons. The van der Waals surface area contributed by atoms with E-state index in [0.717, 1.165) is 5.69 Å². The van der Waals surface area contributed by atoms with E-state index in [1.165, 1.54) is 23.3 Å². The fourth-order valence-corrected chi connectivity index (χ4v) is 1.84. The van der Waals surface area contributed by atoms with Gasteiger partial charge in [-0.25, -0.2) is 4.39 Å². The van der Waals surface area contributed by atoms with E-state index in [1.807, 2.05) is 6.92 Å². The molecular formula is C15H17FN2. The maximum atomic E-state index is 12.9. The summed E-state index contributed by atoms with van der Waals surface area (Å²) in [6.07, 6.45) is 0. The van der Waals surface area contributed by atoms with Gasteiger partial charge in [-0.3, -0.25) is 0 Å². The van der Waals surface area contributed by atoms with Gasteiger partial charge in [-0.05, 0) is 37.6 Å². The van der Waals surface area contributed by atoms with Crippen LogP contribution in [0.15, 0.2) is 42.5 Å². The molecule has 0 radical (unpaired) electrons. The summed E-state index contributed by atoms with van der Waals surface area (Å²) in [5.74, 6) is -0.318. The number of hydrogen-bond acceptors (Lipinski definition) is 2. The van der Waals surface area contributed by atoms with Crippen LogP contribution in [0, 0.1) is 12.7 Å². The highest BCUT2D eigenvalue weighted by atomic mass is 19.1. The molecule has 0 amide bonds. The molecule has 0 aliphatic heterocycles. The highest BCUT2D eigenvalue weighted by molar-refractivity contribution is 5.66. The molecule has 2 aromatic rings. The lowest BCUT2D eigenvalue weighted by Gasteiger charge is -2.17. The normalized spacial score (nSPS) is 12.2. The van der Waals surface area contributed by atoms with Crippen molar-refractivity contribution in [3.05, 3.63) is 59.4 Å². The highest BCUT2D eigenvalue weighted by Gasteiger charge is 2.07. The number of nitrogens with one attached hydrogen (secondary N) is 1. The number of aryl methyl sites for hydroxylation is 1. The minimum Gasteiger partial charge on any atom is -0.397 e. The molecule has 0 saturated carbocycles. The molecule has 0 fully saturated rings. The summed E-state index contributed by atoms with van der Waals surface area (Å²) in [6.45, 7) is 4.10. The molecule has 0 aliphatic carbocycles. The van der Waals surface area contributed by atoms with E-state index in [-0.39, 0.29) is 11.9 Å². The quantitative estimate of drug-likeness (QED) is 0.804. The lowest BCUT2D eigenvalue weighted by Crippen LogP contribution is -2.08. The summed E-state index contributed by atoms with van der Waals surface area (Å²) in [7, 11) is 0. The van der Waals surface area contributed by atoms with Crippen molar-refractivity contribution >= 4 is 11.4 Å². The molecule has 2 rings (SSSR count). The Bertz CT molecular complexity index is 535. The van der Waals surface area contributed by atoms with Crippen LogP contribution >= 0.6 is 0 Å². The maximum Gasteiger partial charge on any atom is 0.125 e. The largest absolute Gasteiger partial charge is 0.397 e. The molecule has 1 atom stereocenters. The van der Waals surface area contributed by atoms with Gasteiger partial charge in [0.1, 0.15) is 5.82 Å². The van der Waals surface area contributed by atoms with E-state index in [2.05, 4.69) is 36.5 Å². The van der Waals surface area contributed by atoms with Crippen molar-refractivity contribution in [1.82, 2.24) is 0 Å². The standard InChI is InChI=1S/C15H17FN2/c1-10-3-5-12(6-4-10)11(2)18-15-8-7-13(16)9-14(15)17/h3-9,11,18H,17H2,1-2H3. The minimum atomic E-state index is -0.318. The number of nitrogens with two attached hydrogens (primary N) is 1. The first kappa shape index (κ1) is 12.4. The Morgan fingerprint density at radius 2 is 1.78 bits per heavy atom. The van der Waals surface area contributed by atoms with Crippen LogP contribution in [-0.2, 0) is 0 Å². The lowest BCUT2D eigenvalue weighted by atomic mass is 10.1. The average Bonchev–Trinajstić information content (AvgIpc) is 2.33. The van der Waals surface area contributed by atoms with Crippen LogP contribution in [0.5, 0.6) is 0 Å². The number of anilines is 2. The van der Waals surface area contributed by atoms with Gasteiger partial charge in [0.25, 0.3) is 0 Å². The van der Waals surface area contributed by atoms with Crippen molar-refractivity contribution in [2.24, 2.45) is 0 Å². The van der Waals surface area contributed by atoms with Crippen LogP contribution in [0.1, 0.15) is 24.1 Å². The summed E-state index contributed by atoms with van der Waals surface area (Å²) >= 11 is 0. The third-order valence-electron chi connectivity index (χ3n) is 2.96. The van der Waals surface area contributed by atoms with Crippen molar-refractivity contribution in [3.8, 4) is 0 Å². The molecule has 18 heavy (non-hydrogen) atoms. The summed E-state index contributed by atoms with van der Waals surface area (Å²) in [5, 5.41) is 3.28. The van der Waals surface area contributed by atoms with Crippen molar-refractivity contribution < 1.29 is 4.39 Å². The van der Waals surface area contributed by atoms with E-state index >= 15 is 0 Å². The fourth-order valence-electron chi connectivity index (χ4n) is 1.84. The van der Waals surface area contributed by atoms with Gasteiger partial charge in [-0.1, -0.05) is 29.8 Å². The van der Waals surface area contributed by atoms with Crippen LogP contribution in [0.2, 0.25) is 0 Å². The van der Waals surface area contributed by atoms with E-state index in [1.54, 1.807) is 6.07 Å². The van der Waals surface area contributed by atoms with Crippen molar-refractivity contribution in [1.29, 1.82) is 0 Å². The van der Waals surface area contributed by atoms with Gasteiger partial charge in [-0.2, -0.15) is 0 Å². The fraction of sp³-hybridized carbons (Fsp3) is 0.200. The lowest BCUT2D eigenvalue weighted by molar-refractivity contribution is 0.628. The van der Waals surface area contributed by atoms with E-state index in [9.17, 15) is 4.39 Å². The second kappa shape index (κ2) is 5.08. The highest BCUT2D eigenvalue weighted by Crippen LogP contribution is 2.24. The molecule has 2 aromatic carbocycles. The monoisotopic (exact) mass is 244 g/mol. The molecule has 2 nitrogen and oxygen atoms in total. The average molecular weight is 244 g/mol. The van der Waals surface area contributed by atoms with E-state index in [4.69, 9.17) is 5.73 Å². The molecule has 0 spiro atoms. The van der Waals surface area contributed by atoms with Crippen LogP contribution in [0.4, 0.5) is 15.8 Å². The van der Waals surface area contributed by atoms with Crippen LogP contribution in [0.3, 0.4) is 0 Å². The van der Waals surface area contributed by atoms with Crippen LogP contribution < -0.4 is 11.1 Å². The van der Waals surface area contributed by atoms with Gasteiger partial charge in [0, 0.05) is 6.04 Å². The first-order chi connectivity index (χ1) is 8.56. The van der Waals surface area contributed by atoms with Gasteiger partial charge in [0.15, 0.2) is 0 Å². The third kappa shape index (κ3) is 2.80. The molecule has 0 aromatic heterocycles. The zero-order valence-corrected chi connectivity index (χ0v) is 10.6. The van der Waals surface area contributed by atoms with Gasteiger partial charge in [0.05, 0.1) is 11.4 Å². The predicted octanol–water partition coefficient (Wildman–Crippen LogP) is 3.89. The van der Waals surface area contributed by atoms with Gasteiger partial charge in [-0.15, -0.1) is 0 Å². The Kier molecular flexibility index (Phi) is 3.51. The first-order valence-electron chi connectivity index (χ1n) is 5.94. The first-order valence-corrected chi connectivity index (χ1v) is 5.94. The Hall–Kier alpha value is -2.03. The van der Waals surface area contributed by atoms with Crippen LogP contribution in [0.25, 0.3) is 0 Å². The minimum absolute atomic E-state index is 0.123. The van der Waals surface area contributed by atoms with Gasteiger partial charge < -0.3 is 11.1 Å². The Morgan fingerprint density at radius 1 is 1.11 bits per heavy atom. The summed E-state index contributed by atoms with van der Waals surface area (Å²) in [4.78, 5) is 0. The predicted molar refractivity (Wildman–Crippen MR) is 74.0 cm³/mol. The van der Waals surface area contributed by atoms with Crippen molar-refractivity contribution in [2.75, 3.05) is 11.1 Å². The summed E-state index contributed by atoms with van der Waals surface area (Å²) in [6, 6.07) is 12.8. The maximum absolute atomic E-state index is 12.9. The number of benzene rings is 2. The topological polar surface area (TPSA) is 38.0 Å². The van der Waals surface area contributed by atoms with Gasteiger partial charge >= 0.3 is 0 Å². The van der Waals surface area contributed by atoms with Crippen LogP contribution in [-0.4, -0.2) is 0 Å². The number of hydrogen-bond donors (Lipinski definition) is 2. The van der Waals surface area contributed by atoms with E-state index < -0.39 is 0 Å². The zero-order valence-electron chi connectivity index (χ0n) is 10.6. The molecule has 0 saturated heterocycles. The summed E-state index contributed by atoms with van der Waals surface area (Å²) in [5.41, 5.74) is 9.35. The SMILES string of the molecule is Cc1ccc(C(C)Nc2ccc(F)cc2N)cc1. The Balaban J connectivity index is 2.15. The summed E-state index contributed by atoms with van der Waals surface area (Å²) < 4.78 is 12.9. The molecular weight excluding hydrogens is 227 g/mol. The number of nitrogen functional groups attached to an aromatic ring is 1. The van der Waals surface area contributed by atoms with Crippen molar-refractivity contribution in [3.63, 3.8) is 0 Å².